The number of nitrogens with one attached hydrogen (secondary N) is 1. The Labute approximate surface area is 114 Å². The molecule has 1 fully saturated rings. The summed E-state index contributed by atoms with van der Waals surface area (Å²) in [5, 5.41) is 3.27. The topological polar surface area (TPSA) is 64.3 Å². The number of rotatable bonds is 6. The highest BCUT2D eigenvalue weighted by Crippen LogP contribution is 2.24. The lowest BCUT2D eigenvalue weighted by Crippen LogP contribution is -2.57. The molecular formula is C15H22N2O2. The lowest BCUT2D eigenvalue weighted by molar-refractivity contribution is -0.125. The number of ether oxygens (including phenoxy) is 1. The van der Waals surface area contributed by atoms with Crippen LogP contribution in [0.1, 0.15) is 30.9 Å². The molecule has 1 aliphatic rings. The molecule has 0 heterocycles. The van der Waals surface area contributed by atoms with Gasteiger partial charge in [-0.05, 0) is 45.2 Å². The van der Waals surface area contributed by atoms with Gasteiger partial charge in [0.05, 0.1) is 0 Å². The Morgan fingerprint density at radius 3 is 2.68 bits per heavy atom. The lowest BCUT2D eigenvalue weighted by Gasteiger charge is -2.28. The first kappa shape index (κ1) is 13.9. The molecule has 0 aromatic heterocycles. The molecule has 4 nitrogen and oxygen atoms in total. The van der Waals surface area contributed by atoms with Crippen molar-refractivity contribution in [2.45, 2.75) is 45.2 Å². The average molecular weight is 262 g/mol. The van der Waals surface area contributed by atoms with E-state index in [-0.39, 0.29) is 12.5 Å². The second-order valence-electron chi connectivity index (χ2n) is 5.67. The third-order valence-corrected chi connectivity index (χ3v) is 3.49. The van der Waals surface area contributed by atoms with E-state index in [1.54, 1.807) is 6.92 Å². The van der Waals surface area contributed by atoms with Crippen LogP contribution in [0.25, 0.3) is 0 Å². The highest BCUT2D eigenvalue weighted by atomic mass is 16.5. The first-order valence-electron chi connectivity index (χ1n) is 6.68. The van der Waals surface area contributed by atoms with E-state index in [4.69, 9.17) is 10.5 Å². The van der Waals surface area contributed by atoms with Crippen molar-refractivity contribution in [1.82, 2.24) is 5.32 Å². The third kappa shape index (κ3) is 3.47. The summed E-state index contributed by atoms with van der Waals surface area (Å²) in [4.78, 5) is 11.6. The van der Waals surface area contributed by atoms with Crippen molar-refractivity contribution in [3.8, 4) is 5.75 Å². The zero-order valence-corrected chi connectivity index (χ0v) is 11.8. The maximum Gasteiger partial charge on any atom is 0.240 e. The van der Waals surface area contributed by atoms with Gasteiger partial charge in [-0.2, -0.15) is 0 Å². The molecule has 1 saturated carbocycles. The van der Waals surface area contributed by atoms with Crippen molar-refractivity contribution in [1.29, 1.82) is 0 Å². The molecule has 4 heteroatoms. The smallest absolute Gasteiger partial charge is 0.240 e. The maximum atomic E-state index is 11.6. The summed E-state index contributed by atoms with van der Waals surface area (Å²) >= 11 is 0. The molecule has 0 saturated heterocycles. The molecule has 0 aliphatic heterocycles. The molecule has 2 rings (SSSR count). The predicted molar refractivity (Wildman–Crippen MR) is 75.2 cm³/mol. The van der Waals surface area contributed by atoms with Crippen LogP contribution in [0.2, 0.25) is 0 Å². The number of amides is 1. The van der Waals surface area contributed by atoms with Gasteiger partial charge >= 0.3 is 0 Å². The fourth-order valence-electron chi connectivity index (χ4n) is 2.05. The van der Waals surface area contributed by atoms with E-state index < -0.39 is 5.54 Å². The second kappa shape index (κ2) is 5.21. The quantitative estimate of drug-likeness (QED) is 0.819. The molecule has 1 amide bonds. The van der Waals surface area contributed by atoms with Crippen molar-refractivity contribution in [3.63, 3.8) is 0 Å². The number of carbonyl (C=O) groups excluding carboxylic acids is 1. The molecule has 1 aromatic carbocycles. The van der Waals surface area contributed by atoms with Crippen molar-refractivity contribution >= 4 is 5.91 Å². The van der Waals surface area contributed by atoms with Gasteiger partial charge in [0.15, 0.2) is 0 Å². The molecule has 0 radical (unpaired) electrons. The largest absolute Gasteiger partial charge is 0.491 e. The predicted octanol–water partition coefficient (Wildman–Crippen LogP) is 1.68. The Bertz CT molecular complexity index is 483. The van der Waals surface area contributed by atoms with Crippen molar-refractivity contribution in [2.24, 2.45) is 5.73 Å². The first-order valence-corrected chi connectivity index (χ1v) is 6.68. The first-order chi connectivity index (χ1) is 8.90. The van der Waals surface area contributed by atoms with Gasteiger partial charge in [-0.25, -0.2) is 0 Å². The molecule has 0 spiro atoms. The van der Waals surface area contributed by atoms with Crippen LogP contribution >= 0.6 is 0 Å². The van der Waals surface area contributed by atoms with E-state index in [9.17, 15) is 4.79 Å². The summed E-state index contributed by atoms with van der Waals surface area (Å²) in [5.41, 5.74) is 6.95. The van der Waals surface area contributed by atoms with E-state index in [1.165, 1.54) is 5.56 Å². The van der Waals surface area contributed by atoms with E-state index in [1.807, 2.05) is 26.0 Å². The molecule has 19 heavy (non-hydrogen) atoms. The summed E-state index contributed by atoms with van der Waals surface area (Å²) in [6, 6.07) is 6.40. The number of nitrogens with two attached hydrogens (primary N) is 1. The number of hydrogen-bond acceptors (Lipinski definition) is 3. The van der Waals surface area contributed by atoms with Crippen LogP contribution in [0.3, 0.4) is 0 Å². The monoisotopic (exact) mass is 262 g/mol. The minimum absolute atomic E-state index is 0.253. The molecule has 0 bridgehead atoms. The van der Waals surface area contributed by atoms with E-state index in [2.05, 4.69) is 11.4 Å². The zero-order chi connectivity index (χ0) is 14.0. The second-order valence-corrected chi connectivity index (χ2v) is 5.67. The molecular weight excluding hydrogens is 240 g/mol. The van der Waals surface area contributed by atoms with Gasteiger partial charge in [0.2, 0.25) is 5.91 Å². The van der Waals surface area contributed by atoms with Crippen LogP contribution in [-0.4, -0.2) is 24.1 Å². The Balaban J connectivity index is 2.03. The number of aryl methyl sites for hydroxylation is 2. The standard InChI is InChI=1S/C15H22N2O2/c1-10-4-7-13(11(2)8-10)19-9-15(3,14(16)18)17-12-5-6-12/h4,7-8,12,17H,5-6,9H2,1-3H3,(H2,16,18). The van der Waals surface area contributed by atoms with Gasteiger partial charge < -0.3 is 10.5 Å². The fraction of sp³-hybridized carbons (Fsp3) is 0.533. The zero-order valence-electron chi connectivity index (χ0n) is 11.8. The molecule has 1 aliphatic carbocycles. The van der Waals surface area contributed by atoms with Crippen molar-refractivity contribution < 1.29 is 9.53 Å². The van der Waals surface area contributed by atoms with Gasteiger partial charge in [-0.3, -0.25) is 10.1 Å². The lowest BCUT2D eigenvalue weighted by atomic mass is 10.0. The van der Waals surface area contributed by atoms with Crippen molar-refractivity contribution in [2.75, 3.05) is 6.61 Å². The Morgan fingerprint density at radius 2 is 2.16 bits per heavy atom. The Morgan fingerprint density at radius 1 is 1.47 bits per heavy atom. The van der Waals surface area contributed by atoms with Gasteiger partial charge in [-0.15, -0.1) is 0 Å². The van der Waals surface area contributed by atoms with Crippen LogP contribution in [0.5, 0.6) is 5.75 Å². The SMILES string of the molecule is Cc1ccc(OCC(C)(NC2CC2)C(N)=O)c(C)c1. The van der Waals surface area contributed by atoms with Gasteiger partial charge in [-0.1, -0.05) is 17.7 Å². The van der Waals surface area contributed by atoms with Gasteiger partial charge in [0.1, 0.15) is 17.9 Å². The number of carbonyl (C=O) groups is 1. The summed E-state index contributed by atoms with van der Waals surface area (Å²) < 4.78 is 5.78. The highest BCUT2D eigenvalue weighted by molar-refractivity contribution is 5.84. The maximum absolute atomic E-state index is 11.6. The Hall–Kier alpha value is -1.55. The average Bonchev–Trinajstić information content (AvgIpc) is 3.11. The molecule has 104 valence electrons. The summed E-state index contributed by atoms with van der Waals surface area (Å²) in [5.74, 6) is 0.430. The van der Waals surface area contributed by atoms with Crippen LogP contribution in [-0.2, 0) is 4.79 Å². The fourth-order valence-corrected chi connectivity index (χ4v) is 2.05. The third-order valence-electron chi connectivity index (χ3n) is 3.49. The van der Waals surface area contributed by atoms with E-state index in [0.717, 1.165) is 24.2 Å². The molecule has 1 unspecified atom stereocenters. The van der Waals surface area contributed by atoms with E-state index >= 15 is 0 Å². The molecule has 3 N–H and O–H groups in total. The minimum Gasteiger partial charge on any atom is -0.491 e. The number of hydrogen-bond donors (Lipinski definition) is 2. The number of benzene rings is 1. The van der Waals surface area contributed by atoms with Crippen LogP contribution in [0, 0.1) is 13.8 Å². The highest BCUT2D eigenvalue weighted by Gasteiger charge is 2.37. The van der Waals surface area contributed by atoms with Crippen LogP contribution in [0.4, 0.5) is 0 Å². The summed E-state index contributed by atoms with van der Waals surface area (Å²) in [6.07, 6.45) is 2.21. The summed E-state index contributed by atoms with van der Waals surface area (Å²) in [6.45, 7) is 6.09. The summed E-state index contributed by atoms with van der Waals surface area (Å²) in [7, 11) is 0. The van der Waals surface area contributed by atoms with Crippen LogP contribution < -0.4 is 15.8 Å². The van der Waals surface area contributed by atoms with Gasteiger partial charge in [0, 0.05) is 6.04 Å². The van der Waals surface area contributed by atoms with Crippen LogP contribution in [0.15, 0.2) is 18.2 Å². The minimum atomic E-state index is -0.807. The normalized spacial score (nSPS) is 17.8. The van der Waals surface area contributed by atoms with E-state index in [0.29, 0.717) is 6.04 Å². The Kier molecular flexibility index (Phi) is 3.80. The van der Waals surface area contributed by atoms with Gasteiger partial charge in [0.25, 0.3) is 0 Å². The molecule has 1 atom stereocenters. The number of primary amides is 1. The van der Waals surface area contributed by atoms with Crippen molar-refractivity contribution in [3.05, 3.63) is 29.3 Å². The molecule has 1 aromatic rings.